The Morgan fingerprint density at radius 3 is 2.43 bits per heavy atom. The third-order valence-corrected chi connectivity index (χ3v) is 7.97. The fourth-order valence-electron chi connectivity index (χ4n) is 7.12. The summed E-state index contributed by atoms with van der Waals surface area (Å²) < 4.78 is 0. The van der Waals surface area contributed by atoms with Gasteiger partial charge in [0.25, 0.3) is 0 Å². The van der Waals surface area contributed by atoms with Crippen molar-refractivity contribution in [3.63, 3.8) is 0 Å². The van der Waals surface area contributed by atoms with E-state index in [4.69, 9.17) is 0 Å². The Morgan fingerprint density at radius 2 is 1.70 bits per heavy atom. The molecule has 1 aromatic carbocycles. The second-order valence-corrected chi connectivity index (χ2v) is 9.61. The molecule has 0 spiro atoms. The number of hydrogen-bond acceptors (Lipinski definition) is 2. The third-order valence-electron chi connectivity index (χ3n) is 7.97. The smallest absolute Gasteiger partial charge is 0.123 e. The van der Waals surface area contributed by atoms with Gasteiger partial charge in [-0.15, -0.1) is 0 Å². The molecular weight excluding hydrogens is 284 g/mol. The highest BCUT2D eigenvalue weighted by Crippen LogP contribution is 2.68. The Labute approximate surface area is 139 Å². The lowest BCUT2D eigenvalue weighted by atomic mass is 9.43. The summed E-state index contributed by atoms with van der Waals surface area (Å²) in [5.41, 5.74) is 3.14. The van der Waals surface area contributed by atoms with Crippen LogP contribution in [-0.2, 0) is 11.8 Å². The van der Waals surface area contributed by atoms with Gasteiger partial charge in [-0.2, -0.15) is 0 Å². The molecule has 2 heteroatoms. The molecule has 4 atom stereocenters. The second-order valence-electron chi connectivity index (χ2n) is 9.61. The highest BCUT2D eigenvalue weighted by Gasteiger charge is 2.61. The minimum absolute atomic E-state index is 0.0613. The van der Waals surface area contributed by atoms with Gasteiger partial charge in [-0.1, -0.05) is 34.1 Å². The molecule has 0 unspecified atom stereocenters. The van der Waals surface area contributed by atoms with Crippen LogP contribution >= 0.6 is 0 Å². The molecular formula is C21H30O2. The lowest BCUT2D eigenvalue weighted by molar-refractivity contribution is -0.0984. The molecule has 3 aliphatic rings. The number of phenolic OH excluding ortho intramolecular Hbond substituents is 2. The zero-order valence-electron chi connectivity index (χ0n) is 14.9. The summed E-state index contributed by atoms with van der Waals surface area (Å²) in [5.74, 6) is 1.86. The van der Waals surface area contributed by atoms with Gasteiger partial charge in [0, 0.05) is 17.0 Å². The molecule has 2 N–H and O–H groups in total. The molecule has 0 heterocycles. The highest BCUT2D eigenvalue weighted by molar-refractivity contribution is 5.54. The Balaban J connectivity index is 1.84. The first-order chi connectivity index (χ1) is 10.7. The van der Waals surface area contributed by atoms with Crippen molar-refractivity contribution in [3.8, 4) is 11.5 Å². The molecule has 2 fully saturated rings. The number of rotatable bonds is 0. The molecule has 4 rings (SSSR count). The van der Waals surface area contributed by atoms with Crippen molar-refractivity contribution in [1.82, 2.24) is 0 Å². The molecule has 2 saturated carbocycles. The Bertz CT molecular complexity index is 662. The largest absolute Gasteiger partial charge is 0.508 e. The van der Waals surface area contributed by atoms with E-state index in [-0.39, 0.29) is 11.2 Å². The second kappa shape index (κ2) is 4.46. The van der Waals surface area contributed by atoms with E-state index in [1.807, 2.05) is 6.07 Å². The fraction of sp³-hybridized carbons (Fsp3) is 0.714. The monoisotopic (exact) mass is 314 g/mol. The van der Waals surface area contributed by atoms with Gasteiger partial charge in [0.05, 0.1) is 0 Å². The fourth-order valence-corrected chi connectivity index (χ4v) is 7.12. The topological polar surface area (TPSA) is 40.5 Å². The quantitative estimate of drug-likeness (QED) is 0.695. The molecule has 23 heavy (non-hydrogen) atoms. The number of benzene rings is 1. The van der Waals surface area contributed by atoms with Crippen molar-refractivity contribution in [3.05, 3.63) is 23.3 Å². The maximum absolute atomic E-state index is 10.5. The first kappa shape index (κ1) is 15.4. The molecule has 1 aromatic rings. The molecule has 0 bridgehead atoms. The van der Waals surface area contributed by atoms with Crippen LogP contribution in [0, 0.1) is 22.7 Å². The van der Waals surface area contributed by atoms with Crippen LogP contribution in [0.2, 0.25) is 0 Å². The SMILES string of the molecule is CC1(C)CCC[C@@]2(C)[C@H]1CC[C@]1(C)c3c(O)cc(O)cc3C[C@@H]21. The van der Waals surface area contributed by atoms with Gasteiger partial charge in [-0.25, -0.2) is 0 Å². The minimum atomic E-state index is 0.0613. The summed E-state index contributed by atoms with van der Waals surface area (Å²) in [7, 11) is 0. The van der Waals surface area contributed by atoms with E-state index in [1.54, 1.807) is 0 Å². The molecule has 0 amide bonds. The standard InChI is InChI=1S/C21H30O2/c1-19(2)7-5-8-20(3)16(19)6-9-21(4)17(20)11-13-10-14(22)12-15(23)18(13)21/h10,12,16-17,22-23H,5-9,11H2,1-4H3/t16-,17-,20-,21-/m0/s1. The van der Waals surface area contributed by atoms with Crippen molar-refractivity contribution in [2.24, 2.45) is 22.7 Å². The van der Waals surface area contributed by atoms with E-state index >= 15 is 0 Å². The van der Waals surface area contributed by atoms with Crippen molar-refractivity contribution in [1.29, 1.82) is 0 Å². The summed E-state index contributed by atoms with van der Waals surface area (Å²) in [4.78, 5) is 0. The summed E-state index contributed by atoms with van der Waals surface area (Å²) in [5, 5.41) is 20.5. The molecule has 2 nitrogen and oxygen atoms in total. The maximum Gasteiger partial charge on any atom is 0.123 e. The zero-order chi connectivity index (χ0) is 16.6. The molecule has 126 valence electrons. The van der Waals surface area contributed by atoms with Crippen LogP contribution in [0.25, 0.3) is 0 Å². The van der Waals surface area contributed by atoms with E-state index < -0.39 is 0 Å². The molecule has 3 aliphatic carbocycles. The Kier molecular flexibility index (Phi) is 2.98. The van der Waals surface area contributed by atoms with E-state index in [0.29, 0.717) is 22.5 Å². The minimum Gasteiger partial charge on any atom is -0.508 e. The number of aromatic hydroxyl groups is 2. The average Bonchev–Trinajstić information content (AvgIpc) is 2.71. The van der Waals surface area contributed by atoms with Gasteiger partial charge < -0.3 is 10.2 Å². The van der Waals surface area contributed by atoms with Crippen molar-refractivity contribution >= 4 is 0 Å². The molecule has 0 aromatic heterocycles. The summed E-state index contributed by atoms with van der Waals surface area (Å²) in [6.45, 7) is 9.80. The predicted octanol–water partition coefficient (Wildman–Crippen LogP) is 5.15. The third kappa shape index (κ3) is 1.87. The zero-order valence-corrected chi connectivity index (χ0v) is 14.9. The van der Waals surface area contributed by atoms with Crippen LogP contribution in [0.4, 0.5) is 0 Å². The van der Waals surface area contributed by atoms with Crippen LogP contribution in [0.15, 0.2) is 12.1 Å². The summed E-state index contributed by atoms with van der Waals surface area (Å²) in [6, 6.07) is 3.43. The van der Waals surface area contributed by atoms with Crippen molar-refractivity contribution < 1.29 is 10.2 Å². The number of phenols is 2. The Morgan fingerprint density at radius 1 is 0.957 bits per heavy atom. The Hall–Kier alpha value is -1.18. The van der Waals surface area contributed by atoms with Crippen LogP contribution in [0.1, 0.15) is 70.9 Å². The van der Waals surface area contributed by atoms with Crippen molar-refractivity contribution in [2.45, 2.75) is 71.6 Å². The lowest BCUT2D eigenvalue weighted by Crippen LogP contribution is -2.55. The van der Waals surface area contributed by atoms with Gasteiger partial charge in [-0.3, -0.25) is 0 Å². The van der Waals surface area contributed by atoms with Crippen LogP contribution in [-0.4, -0.2) is 10.2 Å². The average molecular weight is 314 g/mol. The summed E-state index contributed by atoms with van der Waals surface area (Å²) in [6.07, 6.45) is 7.40. The predicted molar refractivity (Wildman–Crippen MR) is 92.8 cm³/mol. The van der Waals surface area contributed by atoms with Gasteiger partial charge in [0.1, 0.15) is 11.5 Å². The highest BCUT2D eigenvalue weighted by atomic mass is 16.3. The van der Waals surface area contributed by atoms with Gasteiger partial charge in [0.15, 0.2) is 0 Å². The lowest BCUT2D eigenvalue weighted by Gasteiger charge is -2.61. The molecule has 0 aliphatic heterocycles. The normalized spacial score (nSPS) is 41.0. The molecule has 0 radical (unpaired) electrons. The first-order valence-corrected chi connectivity index (χ1v) is 9.24. The van der Waals surface area contributed by atoms with E-state index in [2.05, 4.69) is 27.7 Å². The summed E-state index contributed by atoms with van der Waals surface area (Å²) >= 11 is 0. The van der Waals surface area contributed by atoms with Gasteiger partial charge in [0.2, 0.25) is 0 Å². The number of fused-ring (bicyclic) bond motifs is 5. The number of hydrogen-bond donors (Lipinski definition) is 2. The maximum atomic E-state index is 10.5. The molecule has 0 saturated heterocycles. The van der Waals surface area contributed by atoms with Crippen LogP contribution < -0.4 is 0 Å². The first-order valence-electron chi connectivity index (χ1n) is 9.24. The van der Waals surface area contributed by atoms with Crippen LogP contribution in [0.5, 0.6) is 11.5 Å². The van der Waals surface area contributed by atoms with Gasteiger partial charge in [-0.05, 0) is 66.4 Å². The van der Waals surface area contributed by atoms with Crippen molar-refractivity contribution in [2.75, 3.05) is 0 Å². The van der Waals surface area contributed by atoms with E-state index in [1.165, 1.54) is 37.3 Å². The van der Waals surface area contributed by atoms with E-state index in [9.17, 15) is 10.2 Å². The van der Waals surface area contributed by atoms with Crippen LogP contribution in [0.3, 0.4) is 0 Å². The van der Waals surface area contributed by atoms with E-state index in [0.717, 1.165) is 24.3 Å². The van der Waals surface area contributed by atoms with Gasteiger partial charge >= 0.3 is 0 Å².